The molecule has 2 bridgehead atoms. The molecule has 0 radical (unpaired) electrons. The third kappa shape index (κ3) is 4.29. The molecule has 5 heterocycles. The molecule has 5 aromatic rings. The Hall–Kier alpha value is -4.31. The van der Waals surface area contributed by atoms with E-state index >= 15 is 0 Å². The van der Waals surface area contributed by atoms with Crippen LogP contribution in [-0.2, 0) is 13.6 Å². The van der Waals surface area contributed by atoms with Crippen LogP contribution in [0, 0.1) is 25.7 Å². The fourth-order valence-electron chi connectivity index (χ4n) is 7.62. The molecule has 4 N–H and O–H groups in total. The van der Waals surface area contributed by atoms with Crippen molar-refractivity contribution in [1.82, 2.24) is 29.2 Å². The predicted octanol–water partition coefficient (Wildman–Crippen LogP) is 5.65. The van der Waals surface area contributed by atoms with Crippen LogP contribution in [0.1, 0.15) is 53.8 Å². The zero-order valence-corrected chi connectivity index (χ0v) is 25.9. The van der Waals surface area contributed by atoms with Gasteiger partial charge in [-0.05, 0) is 82.1 Å². The van der Waals surface area contributed by atoms with E-state index in [1.165, 1.54) is 12.8 Å². The van der Waals surface area contributed by atoms with Crippen LogP contribution in [0.25, 0.3) is 33.5 Å². The first kappa shape index (κ1) is 27.3. The maximum absolute atomic E-state index is 13.9. The number of hydrogen-bond acceptors (Lipinski definition) is 6. The minimum absolute atomic E-state index is 0.0439. The fourth-order valence-corrected chi connectivity index (χ4v) is 7.62. The van der Waals surface area contributed by atoms with E-state index in [2.05, 4.69) is 48.9 Å². The molecule has 3 atom stereocenters. The number of aryl methyl sites for hydroxylation is 3. The number of fused-ring (bicyclic) bond motifs is 5. The number of carbonyl (C=O) groups excluding carboxylic acids is 1. The van der Waals surface area contributed by atoms with Crippen molar-refractivity contribution in [3.8, 4) is 17.3 Å². The lowest BCUT2D eigenvalue weighted by atomic mass is 9.76. The minimum Gasteiger partial charge on any atom is -0.494 e. The molecule has 2 aliphatic carbocycles. The zero-order chi connectivity index (χ0) is 30.3. The summed E-state index contributed by atoms with van der Waals surface area (Å²) in [5.41, 5.74) is 14.8. The number of aromatic amines is 1. The van der Waals surface area contributed by atoms with Crippen molar-refractivity contribution in [2.45, 2.75) is 64.6 Å². The van der Waals surface area contributed by atoms with Gasteiger partial charge in [-0.1, -0.05) is 12.1 Å². The van der Waals surface area contributed by atoms with Crippen LogP contribution in [0.3, 0.4) is 0 Å². The molecule has 1 amide bonds. The van der Waals surface area contributed by atoms with Gasteiger partial charge in [-0.2, -0.15) is 5.10 Å². The maximum atomic E-state index is 13.9. The number of ether oxygens (including phenoxy) is 1. The number of hydrogen-bond donors (Lipinski definition) is 3. The SMILES string of the molecule is COc1cc(C(=O)N2C[C@H]3CC[C@@H]2C[C@@H]3N)cc2nc(-c3cc4cccc(Nc5c(C)n[nH]c5C)c4n3CC3CC3)n(C)c12. The smallest absolute Gasteiger partial charge is 0.254 e. The van der Waals surface area contributed by atoms with Crippen LogP contribution in [0.2, 0.25) is 0 Å². The van der Waals surface area contributed by atoms with E-state index in [-0.39, 0.29) is 18.0 Å². The Balaban J connectivity index is 1.24. The molecule has 0 spiro atoms. The first-order chi connectivity index (χ1) is 21.3. The summed E-state index contributed by atoms with van der Waals surface area (Å²) >= 11 is 0. The van der Waals surface area contributed by atoms with E-state index < -0.39 is 0 Å². The predicted molar refractivity (Wildman–Crippen MR) is 172 cm³/mol. The van der Waals surface area contributed by atoms with Gasteiger partial charge in [-0.3, -0.25) is 9.89 Å². The summed E-state index contributed by atoms with van der Waals surface area (Å²) in [6.45, 7) is 5.70. The molecule has 0 unspecified atom stereocenters. The van der Waals surface area contributed by atoms with E-state index in [1.807, 2.05) is 37.9 Å². The summed E-state index contributed by atoms with van der Waals surface area (Å²) in [7, 11) is 3.70. The molecule has 2 aromatic carbocycles. The molecular weight excluding hydrogens is 552 g/mol. The maximum Gasteiger partial charge on any atom is 0.254 e. The van der Waals surface area contributed by atoms with Crippen LogP contribution >= 0.6 is 0 Å². The van der Waals surface area contributed by atoms with Crippen molar-refractivity contribution in [3.63, 3.8) is 0 Å². The van der Waals surface area contributed by atoms with Gasteiger partial charge in [0.15, 0.2) is 5.82 Å². The molecular formula is C34H40N8O2. The Kier molecular flexibility index (Phi) is 6.27. The van der Waals surface area contributed by atoms with Gasteiger partial charge in [0.2, 0.25) is 0 Å². The number of rotatable bonds is 7. The Morgan fingerprint density at radius 2 is 1.98 bits per heavy atom. The fraction of sp³-hybridized carbons (Fsp3) is 0.441. The highest BCUT2D eigenvalue weighted by atomic mass is 16.5. The molecule has 3 aromatic heterocycles. The number of nitrogens with zero attached hydrogens (tertiary/aromatic N) is 5. The van der Waals surface area contributed by atoms with Gasteiger partial charge in [-0.25, -0.2) is 4.98 Å². The van der Waals surface area contributed by atoms with Crippen LogP contribution < -0.4 is 15.8 Å². The minimum atomic E-state index is 0.0439. The number of methoxy groups -OCH3 is 1. The molecule has 4 aliphatic rings. The summed E-state index contributed by atoms with van der Waals surface area (Å²) in [4.78, 5) is 21.1. The number of nitrogens with one attached hydrogen (secondary N) is 2. The highest BCUT2D eigenvalue weighted by molar-refractivity contribution is 6.01. The normalized spacial score (nSPS) is 21.5. The quantitative estimate of drug-likeness (QED) is 0.225. The third-order valence-corrected chi connectivity index (χ3v) is 10.2. The number of imidazole rings is 1. The lowest BCUT2D eigenvalue weighted by molar-refractivity contribution is 0.0261. The van der Waals surface area contributed by atoms with Crippen molar-refractivity contribution >= 4 is 39.2 Å². The summed E-state index contributed by atoms with van der Waals surface area (Å²) in [6.07, 6.45) is 5.49. The summed E-state index contributed by atoms with van der Waals surface area (Å²) < 4.78 is 10.4. The van der Waals surface area contributed by atoms with Crippen LogP contribution in [0.15, 0.2) is 36.4 Å². The number of carbonyl (C=O) groups is 1. The lowest BCUT2D eigenvalue weighted by Gasteiger charge is -2.48. The van der Waals surface area contributed by atoms with Crippen molar-refractivity contribution in [2.75, 3.05) is 19.0 Å². The second-order valence-electron chi connectivity index (χ2n) is 13.1. The number of piperidine rings is 2. The van der Waals surface area contributed by atoms with E-state index in [1.54, 1.807) is 7.11 Å². The van der Waals surface area contributed by atoms with Gasteiger partial charge in [0, 0.05) is 43.2 Å². The lowest BCUT2D eigenvalue weighted by Crippen LogP contribution is -2.58. The Morgan fingerprint density at radius 3 is 2.66 bits per heavy atom. The topological polar surface area (TPSA) is 119 Å². The van der Waals surface area contributed by atoms with Crippen molar-refractivity contribution in [2.24, 2.45) is 24.6 Å². The van der Waals surface area contributed by atoms with Crippen molar-refractivity contribution in [3.05, 3.63) is 53.3 Å². The van der Waals surface area contributed by atoms with Gasteiger partial charge >= 0.3 is 0 Å². The molecule has 2 saturated carbocycles. The Labute approximate surface area is 256 Å². The molecule has 2 saturated heterocycles. The first-order valence-electron chi connectivity index (χ1n) is 15.8. The van der Waals surface area contributed by atoms with Crippen LogP contribution in [-0.4, -0.2) is 60.9 Å². The molecule has 44 heavy (non-hydrogen) atoms. The molecule has 228 valence electrons. The van der Waals surface area contributed by atoms with Gasteiger partial charge in [0.1, 0.15) is 11.3 Å². The number of aromatic nitrogens is 5. The number of nitrogens with two attached hydrogens (primary N) is 1. The van der Waals surface area contributed by atoms with E-state index in [4.69, 9.17) is 15.5 Å². The van der Waals surface area contributed by atoms with Gasteiger partial charge in [0.05, 0.1) is 46.6 Å². The average Bonchev–Trinajstić information content (AvgIpc) is 3.59. The number of H-pyrrole nitrogens is 1. The largest absolute Gasteiger partial charge is 0.494 e. The standard InChI is InChI=1S/C34H40N8O2/c1-18-30(19(2)39-38-18)36-26-7-5-6-21-13-28(42(31(21)26)16-20-8-9-20)33-37-27-12-23(14-29(44-4)32(27)40(33)3)34(43)41-17-22-10-11-24(41)15-25(22)35/h5-7,12-14,20,22,24-25,36H,8-11,15-17,35H2,1-4H3,(H,38,39)/t22-,24-,25+/m1/s1. The second kappa shape index (κ2) is 10.1. The van der Waals surface area contributed by atoms with Gasteiger partial charge in [-0.15, -0.1) is 0 Å². The summed E-state index contributed by atoms with van der Waals surface area (Å²) in [5, 5.41) is 12.3. The van der Waals surface area contributed by atoms with E-state index in [0.29, 0.717) is 23.1 Å². The monoisotopic (exact) mass is 592 g/mol. The van der Waals surface area contributed by atoms with Crippen molar-refractivity contribution < 1.29 is 9.53 Å². The van der Waals surface area contributed by atoms with Gasteiger partial charge < -0.3 is 29.8 Å². The highest BCUT2D eigenvalue weighted by Gasteiger charge is 2.41. The molecule has 2 aliphatic heterocycles. The third-order valence-electron chi connectivity index (χ3n) is 10.2. The average molecular weight is 593 g/mol. The number of anilines is 2. The first-order valence-corrected chi connectivity index (χ1v) is 15.8. The Bertz CT molecular complexity index is 1910. The van der Waals surface area contributed by atoms with E-state index in [0.717, 1.165) is 88.6 Å². The highest BCUT2D eigenvalue weighted by Crippen LogP contribution is 2.41. The number of amides is 1. The van der Waals surface area contributed by atoms with Crippen LogP contribution in [0.4, 0.5) is 11.4 Å². The second-order valence-corrected chi connectivity index (χ2v) is 13.1. The van der Waals surface area contributed by atoms with E-state index in [9.17, 15) is 4.79 Å². The molecule has 10 heteroatoms. The van der Waals surface area contributed by atoms with Crippen molar-refractivity contribution in [1.29, 1.82) is 0 Å². The number of para-hydroxylation sites is 1. The number of benzene rings is 2. The molecule has 10 nitrogen and oxygen atoms in total. The van der Waals surface area contributed by atoms with Gasteiger partial charge in [0.25, 0.3) is 5.91 Å². The Morgan fingerprint density at radius 1 is 1.14 bits per heavy atom. The zero-order valence-electron chi connectivity index (χ0n) is 25.9. The van der Waals surface area contributed by atoms with Crippen LogP contribution in [0.5, 0.6) is 5.75 Å². The summed E-state index contributed by atoms with van der Waals surface area (Å²) in [6, 6.07) is 12.9. The molecule has 9 rings (SSSR count). The summed E-state index contributed by atoms with van der Waals surface area (Å²) in [5.74, 6) is 2.58. The molecule has 4 fully saturated rings.